The molecule has 0 bridgehead atoms. The first-order valence-corrected chi connectivity index (χ1v) is 10.6. The molecule has 1 N–H and O–H groups in total. The average molecular weight is 387 g/mol. The largest absolute Gasteiger partial charge is 0.342 e. The fraction of sp³-hybridized carbons (Fsp3) is 0.636. The van der Waals surface area contributed by atoms with Gasteiger partial charge in [-0.25, -0.2) is 0 Å². The minimum absolute atomic E-state index is 0.0268. The van der Waals surface area contributed by atoms with E-state index < -0.39 is 0 Å². The van der Waals surface area contributed by atoms with Crippen molar-refractivity contribution >= 4 is 17.5 Å². The van der Waals surface area contributed by atoms with Crippen LogP contribution in [0.4, 0.5) is 5.69 Å². The van der Waals surface area contributed by atoms with E-state index in [4.69, 9.17) is 0 Å². The highest BCUT2D eigenvalue weighted by atomic mass is 16.2. The second-order valence-corrected chi connectivity index (χ2v) is 8.34. The number of nitrogens with one attached hydrogen (secondary N) is 1. The van der Waals surface area contributed by atoms with Gasteiger partial charge in [0.1, 0.15) is 0 Å². The van der Waals surface area contributed by atoms with Crippen molar-refractivity contribution in [1.82, 2.24) is 14.7 Å². The molecule has 0 spiro atoms. The van der Waals surface area contributed by atoms with Crippen molar-refractivity contribution in [2.24, 2.45) is 0 Å². The van der Waals surface area contributed by atoms with Crippen LogP contribution >= 0.6 is 0 Å². The molecule has 0 radical (unpaired) electrons. The number of anilines is 1. The molecular formula is C22H34N4O2. The van der Waals surface area contributed by atoms with Crippen molar-refractivity contribution in [3.05, 3.63) is 29.8 Å². The summed E-state index contributed by atoms with van der Waals surface area (Å²) in [4.78, 5) is 31.3. The maximum Gasteiger partial charge on any atom is 0.241 e. The normalized spacial score (nSPS) is 19.8. The second kappa shape index (κ2) is 9.52. The van der Waals surface area contributed by atoms with Crippen LogP contribution in [0.2, 0.25) is 0 Å². The van der Waals surface area contributed by atoms with E-state index in [1.54, 1.807) is 0 Å². The zero-order chi connectivity index (χ0) is 20.1. The number of hydrogen-bond acceptors (Lipinski definition) is 4. The Morgan fingerprint density at radius 2 is 1.54 bits per heavy atom. The topological polar surface area (TPSA) is 55.9 Å². The minimum Gasteiger partial charge on any atom is -0.342 e. The summed E-state index contributed by atoms with van der Waals surface area (Å²) in [6, 6.07) is 7.91. The Bertz CT molecular complexity index is 660. The summed E-state index contributed by atoms with van der Waals surface area (Å²) in [7, 11) is 0. The van der Waals surface area contributed by atoms with Crippen molar-refractivity contribution in [2.45, 2.75) is 45.6 Å². The summed E-state index contributed by atoms with van der Waals surface area (Å²) < 4.78 is 0. The molecule has 2 amide bonds. The monoisotopic (exact) mass is 386 g/mol. The van der Waals surface area contributed by atoms with E-state index in [0.29, 0.717) is 12.5 Å². The van der Waals surface area contributed by atoms with Crippen molar-refractivity contribution in [3.63, 3.8) is 0 Å². The van der Waals surface area contributed by atoms with Gasteiger partial charge in [0.25, 0.3) is 0 Å². The van der Waals surface area contributed by atoms with E-state index in [-0.39, 0.29) is 17.9 Å². The maximum absolute atomic E-state index is 12.6. The summed E-state index contributed by atoms with van der Waals surface area (Å²) in [5, 5.41) is 3.03. The van der Waals surface area contributed by atoms with Crippen LogP contribution in [0.15, 0.2) is 24.3 Å². The molecule has 154 valence electrons. The fourth-order valence-corrected chi connectivity index (χ4v) is 3.93. The summed E-state index contributed by atoms with van der Waals surface area (Å²) in [5.41, 5.74) is 2.11. The summed E-state index contributed by atoms with van der Waals surface area (Å²) in [6.07, 6.45) is 2.26. The Labute approximate surface area is 168 Å². The predicted octanol–water partition coefficient (Wildman–Crippen LogP) is 2.38. The quantitative estimate of drug-likeness (QED) is 0.816. The summed E-state index contributed by atoms with van der Waals surface area (Å²) >= 11 is 0. The molecule has 3 rings (SSSR count). The Morgan fingerprint density at radius 1 is 0.929 bits per heavy atom. The zero-order valence-electron chi connectivity index (χ0n) is 17.5. The van der Waals surface area contributed by atoms with Gasteiger partial charge in [0.2, 0.25) is 11.8 Å². The number of likely N-dealkylation sites (tertiary alicyclic amines) is 1. The molecule has 2 fully saturated rings. The lowest BCUT2D eigenvalue weighted by Crippen LogP contribution is -2.54. The standard InChI is InChI=1S/C22H34N4O2/c1-17(2)19-6-8-20(9-7-19)23-22(28)18(3)25-14-12-24(13-15-25)16-21(27)26-10-4-5-11-26/h6-9,17-18H,4-5,10-16H2,1-3H3,(H,23,28)/t18-/m0/s1. The lowest BCUT2D eigenvalue weighted by Gasteiger charge is -2.37. The van der Waals surface area contributed by atoms with Crippen LogP contribution in [0.1, 0.15) is 45.1 Å². The number of hydrogen-bond donors (Lipinski definition) is 1. The Hall–Kier alpha value is -1.92. The van der Waals surface area contributed by atoms with E-state index >= 15 is 0 Å². The van der Waals surface area contributed by atoms with Crippen LogP contribution in [0.3, 0.4) is 0 Å². The van der Waals surface area contributed by atoms with Gasteiger partial charge in [0.05, 0.1) is 12.6 Å². The second-order valence-electron chi connectivity index (χ2n) is 8.34. The van der Waals surface area contributed by atoms with Crippen molar-refractivity contribution < 1.29 is 9.59 Å². The number of benzene rings is 1. The highest BCUT2D eigenvalue weighted by Gasteiger charge is 2.27. The van der Waals surface area contributed by atoms with Crippen molar-refractivity contribution in [1.29, 1.82) is 0 Å². The number of carbonyl (C=O) groups excluding carboxylic acids is 2. The first-order chi connectivity index (χ1) is 13.4. The van der Waals surface area contributed by atoms with Crippen molar-refractivity contribution in [3.8, 4) is 0 Å². The lowest BCUT2D eigenvalue weighted by atomic mass is 10.0. The molecule has 2 saturated heterocycles. The fourth-order valence-electron chi connectivity index (χ4n) is 3.93. The van der Waals surface area contributed by atoms with Gasteiger partial charge in [-0.05, 0) is 43.4 Å². The zero-order valence-corrected chi connectivity index (χ0v) is 17.5. The highest BCUT2D eigenvalue weighted by Crippen LogP contribution is 2.18. The van der Waals surface area contributed by atoms with Crippen molar-refractivity contribution in [2.75, 3.05) is 51.1 Å². The molecule has 6 nitrogen and oxygen atoms in total. The van der Waals surface area contributed by atoms with E-state index in [1.165, 1.54) is 5.56 Å². The predicted molar refractivity (Wildman–Crippen MR) is 112 cm³/mol. The molecule has 0 unspecified atom stereocenters. The van der Waals surface area contributed by atoms with Gasteiger partial charge in [-0.2, -0.15) is 0 Å². The van der Waals surface area contributed by atoms with Gasteiger partial charge >= 0.3 is 0 Å². The number of nitrogens with zero attached hydrogens (tertiary/aromatic N) is 3. The third-order valence-corrected chi connectivity index (χ3v) is 6.00. The number of amides is 2. The van der Waals surface area contributed by atoms with Gasteiger partial charge in [-0.3, -0.25) is 19.4 Å². The van der Waals surface area contributed by atoms with E-state index in [0.717, 1.165) is 57.8 Å². The minimum atomic E-state index is -0.179. The first-order valence-electron chi connectivity index (χ1n) is 10.6. The molecule has 6 heteroatoms. The number of carbonyl (C=O) groups is 2. The molecule has 0 aliphatic carbocycles. The molecular weight excluding hydrogens is 352 g/mol. The van der Waals surface area contributed by atoms with Gasteiger partial charge in [0.15, 0.2) is 0 Å². The third kappa shape index (κ3) is 5.32. The molecule has 2 heterocycles. The molecule has 1 aromatic carbocycles. The van der Waals surface area contributed by atoms with E-state index in [2.05, 4.69) is 41.1 Å². The Morgan fingerprint density at radius 3 is 2.11 bits per heavy atom. The van der Waals surface area contributed by atoms with E-state index in [9.17, 15) is 9.59 Å². The number of rotatable bonds is 6. The smallest absolute Gasteiger partial charge is 0.241 e. The Kier molecular flexibility index (Phi) is 7.08. The third-order valence-electron chi connectivity index (χ3n) is 6.00. The van der Waals surface area contributed by atoms with Crippen LogP contribution in [-0.4, -0.2) is 78.4 Å². The van der Waals surface area contributed by atoms with Crippen LogP contribution in [-0.2, 0) is 9.59 Å². The maximum atomic E-state index is 12.6. The molecule has 1 atom stereocenters. The summed E-state index contributed by atoms with van der Waals surface area (Å²) in [5.74, 6) is 0.762. The lowest BCUT2D eigenvalue weighted by molar-refractivity contribution is -0.132. The summed E-state index contributed by atoms with van der Waals surface area (Å²) in [6.45, 7) is 11.9. The highest BCUT2D eigenvalue weighted by molar-refractivity contribution is 5.94. The SMILES string of the molecule is CC(C)c1ccc(NC(=O)[C@H](C)N2CCN(CC(=O)N3CCCC3)CC2)cc1. The molecule has 0 aromatic heterocycles. The van der Waals surface area contributed by atoms with Crippen LogP contribution in [0.5, 0.6) is 0 Å². The van der Waals surface area contributed by atoms with Gasteiger partial charge in [-0.15, -0.1) is 0 Å². The molecule has 28 heavy (non-hydrogen) atoms. The van der Waals surface area contributed by atoms with Crippen LogP contribution in [0, 0.1) is 0 Å². The Balaban J connectivity index is 1.44. The molecule has 2 aliphatic rings. The molecule has 0 saturated carbocycles. The van der Waals surface area contributed by atoms with Gasteiger partial charge < -0.3 is 10.2 Å². The first kappa shape index (κ1) is 20.8. The van der Waals surface area contributed by atoms with E-state index in [1.807, 2.05) is 24.0 Å². The van der Waals surface area contributed by atoms with Gasteiger partial charge in [0, 0.05) is 45.0 Å². The molecule has 2 aliphatic heterocycles. The van der Waals surface area contributed by atoms with Crippen LogP contribution < -0.4 is 5.32 Å². The van der Waals surface area contributed by atoms with Gasteiger partial charge in [-0.1, -0.05) is 26.0 Å². The van der Waals surface area contributed by atoms with Crippen LogP contribution in [0.25, 0.3) is 0 Å². The average Bonchev–Trinajstić information content (AvgIpc) is 3.23. The molecule has 1 aromatic rings. The number of piperazine rings is 1.